The van der Waals surface area contributed by atoms with Crippen LogP contribution in [0.1, 0.15) is 25.5 Å². The number of rotatable bonds is 3. The van der Waals surface area contributed by atoms with Crippen LogP contribution in [-0.2, 0) is 11.2 Å². The lowest BCUT2D eigenvalue weighted by Gasteiger charge is -2.25. The molecule has 0 N–H and O–H groups in total. The third-order valence-corrected chi connectivity index (χ3v) is 3.28. The summed E-state index contributed by atoms with van der Waals surface area (Å²) < 4.78 is 7.29. The third-order valence-electron chi connectivity index (χ3n) is 3.28. The molecule has 0 spiro atoms. The molecule has 1 fully saturated rings. The van der Waals surface area contributed by atoms with Crippen LogP contribution < -0.4 is 0 Å². The second kappa shape index (κ2) is 4.15. The van der Waals surface area contributed by atoms with Gasteiger partial charge in [0.25, 0.3) is 0 Å². The molecule has 0 aliphatic carbocycles. The molecule has 0 radical (unpaired) electrons. The first-order valence-electron chi connectivity index (χ1n) is 6.28. The van der Waals surface area contributed by atoms with Crippen molar-refractivity contribution in [3.05, 3.63) is 30.0 Å². The molecule has 1 saturated heterocycles. The molecule has 2 aromatic rings. The Bertz CT molecular complexity index is 526. The molecule has 1 aromatic heterocycles. The van der Waals surface area contributed by atoms with Gasteiger partial charge < -0.3 is 4.74 Å². The van der Waals surface area contributed by atoms with Gasteiger partial charge in [-0.2, -0.15) is 5.10 Å². The van der Waals surface area contributed by atoms with E-state index in [4.69, 9.17) is 4.74 Å². The fourth-order valence-electron chi connectivity index (χ4n) is 2.30. The summed E-state index contributed by atoms with van der Waals surface area (Å²) in [6.07, 6.45) is 3.30. The standard InChI is InChI=1S/C14H18N2O/c1-10(2)6-11-4-3-5-14-13(11)7-16(15-14)12-8-17-9-12/h3-5,7,10,12H,6,8-9H2,1-2H3. The van der Waals surface area contributed by atoms with Crippen molar-refractivity contribution >= 4 is 10.9 Å². The van der Waals surface area contributed by atoms with E-state index in [0.717, 1.165) is 25.2 Å². The van der Waals surface area contributed by atoms with Crippen molar-refractivity contribution in [2.45, 2.75) is 26.3 Å². The lowest BCUT2D eigenvalue weighted by molar-refractivity contribution is -0.0283. The van der Waals surface area contributed by atoms with E-state index < -0.39 is 0 Å². The van der Waals surface area contributed by atoms with Crippen LogP contribution in [0, 0.1) is 5.92 Å². The Morgan fingerprint density at radius 2 is 2.24 bits per heavy atom. The van der Waals surface area contributed by atoms with Crippen LogP contribution in [0.3, 0.4) is 0 Å². The van der Waals surface area contributed by atoms with Gasteiger partial charge in [0.2, 0.25) is 0 Å². The fraction of sp³-hybridized carbons (Fsp3) is 0.500. The predicted octanol–water partition coefficient (Wildman–Crippen LogP) is 2.81. The number of benzene rings is 1. The molecule has 2 heterocycles. The number of fused-ring (bicyclic) bond motifs is 1. The van der Waals surface area contributed by atoms with Gasteiger partial charge in [0.1, 0.15) is 0 Å². The molecule has 3 nitrogen and oxygen atoms in total. The van der Waals surface area contributed by atoms with E-state index in [1.807, 2.05) is 0 Å². The van der Waals surface area contributed by atoms with Crippen LogP contribution in [0.5, 0.6) is 0 Å². The highest BCUT2D eigenvalue weighted by Gasteiger charge is 2.21. The van der Waals surface area contributed by atoms with Crippen molar-refractivity contribution in [3.8, 4) is 0 Å². The van der Waals surface area contributed by atoms with Gasteiger partial charge in [-0.15, -0.1) is 0 Å². The second-order valence-electron chi connectivity index (χ2n) is 5.25. The Balaban J connectivity index is 2.01. The highest BCUT2D eigenvalue weighted by Crippen LogP contribution is 2.24. The summed E-state index contributed by atoms with van der Waals surface area (Å²) in [4.78, 5) is 0. The van der Waals surface area contributed by atoms with Crippen molar-refractivity contribution in [3.63, 3.8) is 0 Å². The topological polar surface area (TPSA) is 27.1 Å². The van der Waals surface area contributed by atoms with Crippen molar-refractivity contribution in [1.82, 2.24) is 9.78 Å². The van der Waals surface area contributed by atoms with Crippen LogP contribution in [0.25, 0.3) is 10.9 Å². The summed E-state index contributed by atoms with van der Waals surface area (Å²) in [5.41, 5.74) is 2.51. The van der Waals surface area contributed by atoms with Gasteiger partial charge in [-0.1, -0.05) is 26.0 Å². The lowest BCUT2D eigenvalue weighted by atomic mass is 10.0. The zero-order valence-corrected chi connectivity index (χ0v) is 10.4. The van der Waals surface area contributed by atoms with Crippen molar-refractivity contribution in [1.29, 1.82) is 0 Å². The summed E-state index contributed by atoms with van der Waals surface area (Å²) in [6.45, 7) is 6.10. The van der Waals surface area contributed by atoms with Gasteiger partial charge in [0.05, 0.1) is 24.8 Å². The van der Waals surface area contributed by atoms with Gasteiger partial charge in [-0.05, 0) is 24.0 Å². The van der Waals surface area contributed by atoms with E-state index in [9.17, 15) is 0 Å². The average molecular weight is 230 g/mol. The smallest absolute Gasteiger partial charge is 0.0985 e. The van der Waals surface area contributed by atoms with E-state index in [-0.39, 0.29) is 0 Å². The summed E-state index contributed by atoms with van der Waals surface area (Å²) >= 11 is 0. The third kappa shape index (κ3) is 1.95. The quantitative estimate of drug-likeness (QED) is 0.810. The Morgan fingerprint density at radius 1 is 1.41 bits per heavy atom. The first-order valence-corrected chi connectivity index (χ1v) is 6.28. The maximum absolute atomic E-state index is 5.22. The van der Waals surface area contributed by atoms with Crippen LogP contribution in [-0.4, -0.2) is 23.0 Å². The fourth-order valence-corrected chi connectivity index (χ4v) is 2.30. The van der Waals surface area contributed by atoms with E-state index in [1.54, 1.807) is 0 Å². The van der Waals surface area contributed by atoms with Crippen LogP contribution in [0.4, 0.5) is 0 Å². The van der Waals surface area contributed by atoms with Crippen molar-refractivity contribution < 1.29 is 4.74 Å². The molecule has 0 atom stereocenters. The maximum atomic E-state index is 5.22. The molecule has 3 heteroatoms. The lowest BCUT2D eigenvalue weighted by Crippen LogP contribution is -2.30. The number of ether oxygens (including phenoxy) is 1. The number of hydrogen-bond donors (Lipinski definition) is 0. The molecule has 0 unspecified atom stereocenters. The monoisotopic (exact) mass is 230 g/mol. The minimum absolute atomic E-state index is 0.439. The van der Waals surface area contributed by atoms with E-state index in [1.165, 1.54) is 10.9 Å². The Morgan fingerprint density at radius 3 is 2.88 bits per heavy atom. The van der Waals surface area contributed by atoms with Gasteiger partial charge in [-0.3, -0.25) is 4.68 Å². The number of aromatic nitrogens is 2. The molecule has 90 valence electrons. The molecule has 1 aliphatic rings. The van der Waals surface area contributed by atoms with Crippen molar-refractivity contribution in [2.24, 2.45) is 5.92 Å². The highest BCUT2D eigenvalue weighted by molar-refractivity contribution is 5.81. The van der Waals surface area contributed by atoms with E-state index >= 15 is 0 Å². The molecule has 0 bridgehead atoms. The molecular weight excluding hydrogens is 212 g/mol. The minimum atomic E-state index is 0.439. The zero-order chi connectivity index (χ0) is 11.8. The molecular formula is C14H18N2O. The summed E-state index contributed by atoms with van der Waals surface area (Å²) in [6, 6.07) is 6.85. The van der Waals surface area contributed by atoms with E-state index in [0.29, 0.717) is 12.0 Å². The first-order chi connectivity index (χ1) is 8.24. The highest BCUT2D eigenvalue weighted by atomic mass is 16.5. The molecule has 1 aromatic carbocycles. The number of nitrogens with zero attached hydrogens (tertiary/aromatic N) is 2. The largest absolute Gasteiger partial charge is 0.377 e. The molecule has 1 aliphatic heterocycles. The molecule has 0 amide bonds. The van der Waals surface area contributed by atoms with Crippen LogP contribution in [0.2, 0.25) is 0 Å². The van der Waals surface area contributed by atoms with E-state index in [2.05, 4.69) is 48.0 Å². The summed E-state index contributed by atoms with van der Waals surface area (Å²) in [5.74, 6) is 0.677. The Kier molecular flexibility index (Phi) is 2.63. The minimum Gasteiger partial charge on any atom is -0.377 e. The van der Waals surface area contributed by atoms with Gasteiger partial charge in [-0.25, -0.2) is 0 Å². The Hall–Kier alpha value is -1.35. The molecule has 3 rings (SSSR count). The number of hydrogen-bond acceptors (Lipinski definition) is 2. The van der Waals surface area contributed by atoms with Crippen LogP contribution >= 0.6 is 0 Å². The zero-order valence-electron chi connectivity index (χ0n) is 10.4. The maximum Gasteiger partial charge on any atom is 0.0985 e. The SMILES string of the molecule is CC(C)Cc1cccc2nn(C3COC3)cc12. The average Bonchev–Trinajstić information content (AvgIpc) is 2.58. The predicted molar refractivity (Wildman–Crippen MR) is 68.1 cm³/mol. The van der Waals surface area contributed by atoms with Gasteiger partial charge >= 0.3 is 0 Å². The normalized spacial score (nSPS) is 16.6. The molecule has 17 heavy (non-hydrogen) atoms. The van der Waals surface area contributed by atoms with Gasteiger partial charge in [0, 0.05) is 11.6 Å². The van der Waals surface area contributed by atoms with Gasteiger partial charge in [0.15, 0.2) is 0 Å². The molecule has 0 saturated carbocycles. The second-order valence-corrected chi connectivity index (χ2v) is 5.25. The first kappa shape index (κ1) is 10.8. The summed E-state index contributed by atoms with van der Waals surface area (Å²) in [5, 5.41) is 5.94. The Labute approximate surface area is 101 Å². The van der Waals surface area contributed by atoms with Crippen molar-refractivity contribution in [2.75, 3.05) is 13.2 Å². The summed E-state index contributed by atoms with van der Waals surface area (Å²) in [7, 11) is 0. The van der Waals surface area contributed by atoms with Crippen LogP contribution in [0.15, 0.2) is 24.4 Å².